The quantitative estimate of drug-likeness (QED) is 0.680. The van der Waals surface area contributed by atoms with Crippen molar-refractivity contribution >= 4 is 11.6 Å². The van der Waals surface area contributed by atoms with Gasteiger partial charge in [-0.05, 0) is 42.2 Å². The van der Waals surface area contributed by atoms with E-state index in [1.807, 2.05) is 31.2 Å². The van der Waals surface area contributed by atoms with Crippen LogP contribution in [0.3, 0.4) is 0 Å². The topological polar surface area (TPSA) is 68.2 Å². The molecule has 3 atom stereocenters. The molecule has 2 aliphatic rings. The molecule has 0 saturated carbocycles. The summed E-state index contributed by atoms with van der Waals surface area (Å²) in [5.74, 6) is 1.56. The van der Waals surface area contributed by atoms with Gasteiger partial charge in [-0.2, -0.15) is 0 Å². The molecule has 31 heavy (non-hydrogen) atoms. The smallest absolute Gasteiger partial charge is 0.142 e. The van der Waals surface area contributed by atoms with Gasteiger partial charge in [0, 0.05) is 23.8 Å². The molecule has 1 fully saturated rings. The lowest BCUT2D eigenvalue weighted by Crippen LogP contribution is -2.34. The molecular formula is C25H31ClO5. The molecule has 0 bridgehead atoms. The Morgan fingerprint density at radius 3 is 2.61 bits per heavy atom. The minimum absolute atomic E-state index is 0.109. The molecular weight excluding hydrogens is 416 g/mol. The highest BCUT2D eigenvalue weighted by molar-refractivity contribution is 6.33. The Labute approximate surface area is 188 Å². The zero-order valence-electron chi connectivity index (χ0n) is 18.4. The molecule has 2 aromatic carbocycles. The first-order chi connectivity index (χ1) is 14.8. The second kappa shape index (κ2) is 8.99. The van der Waals surface area contributed by atoms with Crippen LogP contribution in [0.1, 0.15) is 62.0 Å². The van der Waals surface area contributed by atoms with Crippen molar-refractivity contribution in [3.8, 4) is 11.5 Å². The number of ether oxygens (including phenoxy) is 3. The Hall–Kier alpha value is -1.79. The summed E-state index contributed by atoms with van der Waals surface area (Å²) in [6.07, 6.45) is 0.382. The first-order valence-corrected chi connectivity index (χ1v) is 11.3. The Balaban J connectivity index is 1.73. The van der Waals surface area contributed by atoms with E-state index < -0.39 is 6.10 Å². The average Bonchev–Trinajstić information content (AvgIpc) is 3.07. The summed E-state index contributed by atoms with van der Waals surface area (Å²) in [5, 5.41) is 20.7. The minimum Gasteiger partial charge on any atom is -0.494 e. The first-order valence-electron chi connectivity index (χ1n) is 11.0. The van der Waals surface area contributed by atoms with Gasteiger partial charge in [-0.3, -0.25) is 0 Å². The van der Waals surface area contributed by atoms with Crippen LogP contribution in [0.25, 0.3) is 0 Å². The van der Waals surface area contributed by atoms with E-state index in [-0.39, 0.29) is 24.2 Å². The average molecular weight is 447 g/mol. The summed E-state index contributed by atoms with van der Waals surface area (Å²) in [6.45, 7) is 7.30. The van der Waals surface area contributed by atoms with Crippen LogP contribution < -0.4 is 9.47 Å². The van der Waals surface area contributed by atoms with Crippen molar-refractivity contribution in [3.05, 3.63) is 57.6 Å². The fourth-order valence-electron chi connectivity index (χ4n) is 4.65. The van der Waals surface area contributed by atoms with E-state index in [1.165, 1.54) is 0 Å². The molecule has 2 aliphatic heterocycles. The Kier molecular flexibility index (Phi) is 6.50. The van der Waals surface area contributed by atoms with Gasteiger partial charge in [0.05, 0.1) is 43.2 Å². The van der Waals surface area contributed by atoms with E-state index in [4.69, 9.17) is 25.8 Å². The fourth-order valence-corrected chi connectivity index (χ4v) is 4.92. The maximum atomic E-state index is 10.4. The predicted molar refractivity (Wildman–Crippen MR) is 120 cm³/mol. The molecule has 2 aromatic rings. The molecule has 2 heterocycles. The van der Waals surface area contributed by atoms with E-state index in [2.05, 4.69) is 19.9 Å². The predicted octanol–water partition coefficient (Wildman–Crippen LogP) is 4.57. The van der Waals surface area contributed by atoms with Gasteiger partial charge < -0.3 is 24.4 Å². The molecule has 168 valence electrons. The van der Waals surface area contributed by atoms with Crippen LogP contribution in [0.5, 0.6) is 11.5 Å². The van der Waals surface area contributed by atoms with E-state index in [0.29, 0.717) is 43.2 Å². The number of hydrogen-bond donors (Lipinski definition) is 2. The first kappa shape index (κ1) is 22.4. The van der Waals surface area contributed by atoms with Crippen molar-refractivity contribution in [1.82, 2.24) is 0 Å². The molecule has 4 rings (SSSR count). The molecule has 0 spiro atoms. The van der Waals surface area contributed by atoms with Crippen LogP contribution >= 0.6 is 11.6 Å². The summed E-state index contributed by atoms with van der Waals surface area (Å²) in [6, 6.07) is 10.1. The highest BCUT2D eigenvalue weighted by Gasteiger charge is 2.40. The molecule has 5 nitrogen and oxygen atoms in total. The highest BCUT2D eigenvalue weighted by Crippen LogP contribution is 2.50. The summed E-state index contributed by atoms with van der Waals surface area (Å²) in [7, 11) is 0. The van der Waals surface area contributed by atoms with Gasteiger partial charge in [0.2, 0.25) is 0 Å². The van der Waals surface area contributed by atoms with Crippen LogP contribution in [0, 0.1) is 0 Å². The van der Waals surface area contributed by atoms with Crippen LogP contribution in [0.4, 0.5) is 0 Å². The lowest BCUT2D eigenvalue weighted by molar-refractivity contribution is -0.114. The summed E-state index contributed by atoms with van der Waals surface area (Å²) < 4.78 is 17.8. The van der Waals surface area contributed by atoms with E-state index in [0.717, 1.165) is 28.0 Å². The zero-order valence-corrected chi connectivity index (χ0v) is 19.1. The van der Waals surface area contributed by atoms with Gasteiger partial charge in [-0.25, -0.2) is 0 Å². The molecule has 0 radical (unpaired) electrons. The van der Waals surface area contributed by atoms with Gasteiger partial charge in [-0.1, -0.05) is 43.6 Å². The monoisotopic (exact) mass is 446 g/mol. The number of aliphatic hydroxyl groups excluding tert-OH is 2. The maximum absolute atomic E-state index is 10.4. The van der Waals surface area contributed by atoms with Crippen LogP contribution in [-0.4, -0.2) is 42.2 Å². The molecule has 0 aliphatic carbocycles. The number of rotatable bonds is 6. The van der Waals surface area contributed by atoms with Crippen molar-refractivity contribution in [3.63, 3.8) is 0 Å². The minimum atomic E-state index is -0.512. The van der Waals surface area contributed by atoms with Gasteiger partial charge in [0.15, 0.2) is 0 Å². The third kappa shape index (κ3) is 4.56. The molecule has 6 heteroatoms. The van der Waals surface area contributed by atoms with E-state index in [9.17, 15) is 10.2 Å². The summed E-state index contributed by atoms with van der Waals surface area (Å²) in [5.41, 5.74) is 3.91. The van der Waals surface area contributed by atoms with Crippen LogP contribution in [-0.2, 0) is 16.6 Å². The number of fused-ring (bicyclic) bond motifs is 1. The second-order valence-corrected chi connectivity index (χ2v) is 9.50. The van der Waals surface area contributed by atoms with E-state index >= 15 is 0 Å². The maximum Gasteiger partial charge on any atom is 0.142 e. The second-order valence-electron chi connectivity index (χ2n) is 9.12. The van der Waals surface area contributed by atoms with Crippen molar-refractivity contribution in [2.45, 2.75) is 63.8 Å². The number of halogens is 1. The largest absolute Gasteiger partial charge is 0.494 e. The van der Waals surface area contributed by atoms with Crippen molar-refractivity contribution in [2.24, 2.45) is 0 Å². The third-order valence-electron chi connectivity index (χ3n) is 6.14. The van der Waals surface area contributed by atoms with Gasteiger partial charge in [-0.15, -0.1) is 0 Å². The Morgan fingerprint density at radius 2 is 1.94 bits per heavy atom. The van der Waals surface area contributed by atoms with Gasteiger partial charge in [0.25, 0.3) is 0 Å². The SMILES string of the molecule is CCOc1ccc(Cc2cc(C3CC(O)CC(CO)O3)c3c(c2Cl)OCC3(C)C)cc1. The summed E-state index contributed by atoms with van der Waals surface area (Å²) in [4.78, 5) is 0. The molecule has 1 saturated heterocycles. The molecule has 0 amide bonds. The van der Waals surface area contributed by atoms with Crippen LogP contribution in [0.15, 0.2) is 30.3 Å². The fraction of sp³-hybridized carbons (Fsp3) is 0.520. The lowest BCUT2D eigenvalue weighted by atomic mass is 9.79. The zero-order chi connectivity index (χ0) is 22.2. The van der Waals surface area contributed by atoms with Gasteiger partial charge >= 0.3 is 0 Å². The van der Waals surface area contributed by atoms with Crippen LogP contribution in [0.2, 0.25) is 5.02 Å². The standard InChI is InChI=1S/C25H31ClO5/c1-4-29-18-7-5-15(6-8-18)9-16-10-20(21-12-17(28)11-19(13-27)31-21)22-24(23(16)26)30-14-25(22,2)3/h5-8,10,17,19,21,27-28H,4,9,11-14H2,1-3H3. The normalized spacial score (nSPS) is 24.5. The van der Waals surface area contributed by atoms with E-state index in [1.54, 1.807) is 0 Å². The third-order valence-corrected chi connectivity index (χ3v) is 6.55. The molecule has 3 unspecified atom stereocenters. The van der Waals surface area contributed by atoms with Crippen molar-refractivity contribution < 1.29 is 24.4 Å². The highest BCUT2D eigenvalue weighted by atomic mass is 35.5. The Morgan fingerprint density at radius 1 is 1.19 bits per heavy atom. The van der Waals surface area contributed by atoms with Gasteiger partial charge in [0.1, 0.15) is 11.5 Å². The van der Waals surface area contributed by atoms with Crippen molar-refractivity contribution in [2.75, 3.05) is 19.8 Å². The molecule has 0 aromatic heterocycles. The number of hydrogen-bond acceptors (Lipinski definition) is 5. The summed E-state index contributed by atoms with van der Waals surface area (Å²) >= 11 is 6.83. The lowest BCUT2D eigenvalue weighted by Gasteiger charge is -2.35. The number of benzene rings is 2. The van der Waals surface area contributed by atoms with Crippen molar-refractivity contribution in [1.29, 1.82) is 0 Å². The number of aliphatic hydroxyl groups is 2. The molecule has 2 N–H and O–H groups in total. The Bertz CT molecular complexity index is 924.